The van der Waals surface area contributed by atoms with E-state index in [2.05, 4.69) is 39.1 Å². The van der Waals surface area contributed by atoms with E-state index in [1.165, 1.54) is 11.1 Å². The van der Waals surface area contributed by atoms with Crippen LogP contribution in [0.5, 0.6) is 11.5 Å². The number of rotatable bonds is 7. The largest absolute Gasteiger partial charge is 0.491 e. The molecule has 2 aromatic rings. The molecule has 0 heterocycles. The minimum atomic E-state index is -0.563. The van der Waals surface area contributed by atoms with Crippen LogP contribution < -0.4 is 14.8 Å². The van der Waals surface area contributed by atoms with Crippen molar-refractivity contribution in [2.24, 2.45) is 0 Å². The molecule has 0 saturated carbocycles. The Morgan fingerprint density at radius 3 is 2.33 bits per heavy atom. The molecule has 0 bridgehead atoms. The van der Waals surface area contributed by atoms with Crippen molar-refractivity contribution in [1.29, 1.82) is 0 Å². The molecule has 0 aromatic heterocycles. The van der Waals surface area contributed by atoms with Crippen molar-refractivity contribution < 1.29 is 14.3 Å². The van der Waals surface area contributed by atoms with Gasteiger partial charge in [0.15, 0.2) is 6.10 Å². The van der Waals surface area contributed by atoms with Crippen molar-refractivity contribution in [2.75, 3.05) is 13.2 Å². The smallest absolute Gasteiger partial charge is 0.260 e. The summed E-state index contributed by atoms with van der Waals surface area (Å²) < 4.78 is 11.5. The van der Waals surface area contributed by atoms with Crippen LogP contribution in [0.15, 0.2) is 42.5 Å². The Bertz CT molecular complexity index is 760. The summed E-state index contributed by atoms with van der Waals surface area (Å²) in [5.41, 5.74) is 3.62. The zero-order valence-corrected chi connectivity index (χ0v) is 17.3. The highest BCUT2D eigenvalue weighted by atomic mass is 16.5. The van der Waals surface area contributed by atoms with Crippen LogP contribution in [0.1, 0.15) is 44.4 Å². The quantitative estimate of drug-likeness (QED) is 0.728. The summed E-state index contributed by atoms with van der Waals surface area (Å²) in [7, 11) is 0. The Morgan fingerprint density at radius 2 is 1.74 bits per heavy atom. The van der Waals surface area contributed by atoms with Gasteiger partial charge in [-0.2, -0.15) is 0 Å². The fourth-order valence-corrected chi connectivity index (χ4v) is 2.73. The van der Waals surface area contributed by atoms with Gasteiger partial charge in [-0.25, -0.2) is 0 Å². The number of benzene rings is 2. The highest BCUT2D eigenvalue weighted by Crippen LogP contribution is 2.24. The van der Waals surface area contributed by atoms with E-state index in [-0.39, 0.29) is 11.3 Å². The molecule has 0 aliphatic carbocycles. The van der Waals surface area contributed by atoms with Crippen molar-refractivity contribution >= 4 is 5.91 Å². The molecule has 1 N–H and O–H groups in total. The van der Waals surface area contributed by atoms with Gasteiger partial charge in [0.25, 0.3) is 5.91 Å². The number of hydrogen-bond donors (Lipinski definition) is 1. The average Bonchev–Trinajstić information content (AvgIpc) is 2.59. The molecule has 0 spiro atoms. The number of carbonyl (C=O) groups is 1. The number of hydrogen-bond acceptors (Lipinski definition) is 3. The molecule has 0 radical (unpaired) electrons. The first kappa shape index (κ1) is 20.8. The summed E-state index contributed by atoms with van der Waals surface area (Å²) in [4.78, 5) is 12.2. The Balaban J connectivity index is 1.76. The summed E-state index contributed by atoms with van der Waals surface area (Å²) in [6.45, 7) is 13.2. The van der Waals surface area contributed by atoms with Crippen molar-refractivity contribution in [3.8, 4) is 11.5 Å². The van der Waals surface area contributed by atoms with Crippen LogP contribution in [0.3, 0.4) is 0 Å². The Kier molecular flexibility index (Phi) is 6.89. The van der Waals surface area contributed by atoms with Crippen LogP contribution in [0.25, 0.3) is 0 Å². The number of carbonyl (C=O) groups excluding carboxylic acids is 1. The zero-order chi connectivity index (χ0) is 20.0. The summed E-state index contributed by atoms with van der Waals surface area (Å²) in [6, 6.07) is 14.0. The molecular weight excluding hydrogens is 338 g/mol. The average molecular weight is 370 g/mol. The normalized spacial score (nSPS) is 12.4. The lowest BCUT2D eigenvalue weighted by Gasteiger charge is -2.20. The predicted octanol–water partition coefficient (Wildman–Crippen LogP) is 4.56. The standard InChI is InChI=1S/C23H31NO3/c1-16-7-12-21(17(2)15-16)26-14-13-24-22(25)18(3)27-20-10-8-19(9-11-20)23(4,5)6/h7-12,15,18H,13-14H2,1-6H3,(H,24,25)/t18-/m0/s1. The maximum absolute atomic E-state index is 12.2. The summed E-state index contributed by atoms with van der Waals surface area (Å²) >= 11 is 0. The van der Waals surface area contributed by atoms with Crippen LogP contribution in [-0.2, 0) is 10.2 Å². The monoisotopic (exact) mass is 369 g/mol. The van der Waals surface area contributed by atoms with Gasteiger partial charge in [0.2, 0.25) is 0 Å². The lowest BCUT2D eigenvalue weighted by Crippen LogP contribution is -2.38. The van der Waals surface area contributed by atoms with Crippen molar-refractivity contribution in [3.05, 3.63) is 59.2 Å². The van der Waals surface area contributed by atoms with Gasteiger partial charge < -0.3 is 14.8 Å². The Labute approximate surface area is 162 Å². The van der Waals surface area contributed by atoms with Gasteiger partial charge in [0.05, 0.1) is 6.54 Å². The van der Waals surface area contributed by atoms with Gasteiger partial charge in [-0.1, -0.05) is 50.6 Å². The molecule has 1 atom stereocenters. The van der Waals surface area contributed by atoms with E-state index in [9.17, 15) is 4.79 Å². The highest BCUT2D eigenvalue weighted by molar-refractivity contribution is 5.80. The molecule has 4 nitrogen and oxygen atoms in total. The Hall–Kier alpha value is -2.49. The van der Waals surface area contributed by atoms with Gasteiger partial charge in [0, 0.05) is 0 Å². The number of nitrogens with one attached hydrogen (secondary N) is 1. The number of amides is 1. The minimum Gasteiger partial charge on any atom is -0.491 e. The second-order valence-corrected chi connectivity index (χ2v) is 7.94. The molecule has 0 unspecified atom stereocenters. The lowest BCUT2D eigenvalue weighted by atomic mass is 9.87. The summed E-state index contributed by atoms with van der Waals surface area (Å²) in [5.74, 6) is 1.38. The molecule has 0 fully saturated rings. The fraction of sp³-hybridized carbons (Fsp3) is 0.435. The zero-order valence-electron chi connectivity index (χ0n) is 17.3. The van der Waals surface area contributed by atoms with Gasteiger partial charge in [-0.15, -0.1) is 0 Å². The van der Waals surface area contributed by atoms with E-state index < -0.39 is 6.10 Å². The molecule has 27 heavy (non-hydrogen) atoms. The minimum absolute atomic E-state index is 0.0946. The van der Waals surface area contributed by atoms with E-state index in [1.807, 2.05) is 43.3 Å². The van der Waals surface area contributed by atoms with Gasteiger partial charge in [0.1, 0.15) is 18.1 Å². The third-order valence-corrected chi connectivity index (χ3v) is 4.39. The molecule has 0 saturated heterocycles. The lowest BCUT2D eigenvalue weighted by molar-refractivity contribution is -0.127. The topological polar surface area (TPSA) is 47.6 Å². The van der Waals surface area contributed by atoms with Crippen LogP contribution >= 0.6 is 0 Å². The SMILES string of the molecule is Cc1ccc(OCCNC(=O)[C@H](C)Oc2ccc(C(C)(C)C)cc2)c(C)c1. The first-order valence-corrected chi connectivity index (χ1v) is 9.42. The third-order valence-electron chi connectivity index (χ3n) is 4.39. The van der Waals surface area contributed by atoms with Crippen LogP contribution in [-0.4, -0.2) is 25.2 Å². The maximum atomic E-state index is 12.2. The summed E-state index contributed by atoms with van der Waals surface area (Å²) in [6.07, 6.45) is -0.563. The first-order valence-electron chi connectivity index (χ1n) is 9.42. The van der Waals surface area contributed by atoms with E-state index >= 15 is 0 Å². The van der Waals surface area contributed by atoms with Crippen LogP contribution in [0.2, 0.25) is 0 Å². The van der Waals surface area contributed by atoms with Gasteiger partial charge in [-0.3, -0.25) is 4.79 Å². The number of aryl methyl sites for hydroxylation is 2. The highest BCUT2D eigenvalue weighted by Gasteiger charge is 2.16. The van der Waals surface area contributed by atoms with Crippen molar-refractivity contribution in [1.82, 2.24) is 5.32 Å². The molecule has 0 aliphatic heterocycles. The molecular formula is C23H31NO3. The molecule has 146 valence electrons. The van der Waals surface area contributed by atoms with E-state index in [0.29, 0.717) is 18.9 Å². The van der Waals surface area contributed by atoms with Gasteiger partial charge in [-0.05, 0) is 55.5 Å². The maximum Gasteiger partial charge on any atom is 0.260 e. The second kappa shape index (κ2) is 8.94. The molecule has 2 aromatic carbocycles. The Morgan fingerprint density at radius 1 is 1.07 bits per heavy atom. The van der Waals surface area contributed by atoms with E-state index in [1.54, 1.807) is 6.92 Å². The van der Waals surface area contributed by atoms with E-state index in [0.717, 1.165) is 11.3 Å². The van der Waals surface area contributed by atoms with Gasteiger partial charge >= 0.3 is 0 Å². The molecule has 0 aliphatic rings. The van der Waals surface area contributed by atoms with Crippen LogP contribution in [0.4, 0.5) is 0 Å². The number of ether oxygens (including phenoxy) is 2. The molecule has 2 rings (SSSR count). The summed E-state index contributed by atoms with van der Waals surface area (Å²) in [5, 5.41) is 2.85. The first-order chi connectivity index (χ1) is 12.7. The van der Waals surface area contributed by atoms with Crippen molar-refractivity contribution in [3.63, 3.8) is 0 Å². The molecule has 4 heteroatoms. The second-order valence-electron chi connectivity index (χ2n) is 7.94. The van der Waals surface area contributed by atoms with Crippen molar-refractivity contribution in [2.45, 2.75) is 53.1 Å². The molecule has 1 amide bonds. The predicted molar refractivity (Wildman–Crippen MR) is 110 cm³/mol. The van der Waals surface area contributed by atoms with E-state index in [4.69, 9.17) is 9.47 Å². The third kappa shape index (κ3) is 6.31. The fourth-order valence-electron chi connectivity index (χ4n) is 2.73. The van der Waals surface area contributed by atoms with Crippen LogP contribution in [0, 0.1) is 13.8 Å².